The molecule has 15 heteroatoms. The monoisotopic (exact) mass is 850 g/mol. The molecule has 3 N–H and O–H groups in total. The molecule has 4 aromatic carbocycles. The van der Waals surface area contributed by atoms with Crippen molar-refractivity contribution in [3.05, 3.63) is 156 Å². The van der Waals surface area contributed by atoms with Gasteiger partial charge in [0.25, 0.3) is 11.8 Å². The highest BCUT2D eigenvalue weighted by molar-refractivity contribution is 5.95. The number of aromatic nitrogens is 4. The lowest BCUT2D eigenvalue weighted by molar-refractivity contribution is -0.137. The molecular formula is C48H50N8O7. The normalized spacial score (nSPS) is 18.8. The van der Waals surface area contributed by atoms with Gasteiger partial charge in [-0.25, -0.2) is 24.5 Å². The summed E-state index contributed by atoms with van der Waals surface area (Å²) in [5, 5.41) is 9.23. The fourth-order valence-corrected chi connectivity index (χ4v) is 8.05. The van der Waals surface area contributed by atoms with E-state index in [9.17, 15) is 19.2 Å². The van der Waals surface area contributed by atoms with Gasteiger partial charge in [0.2, 0.25) is 5.82 Å². The quantitative estimate of drug-likeness (QED) is 0.100. The summed E-state index contributed by atoms with van der Waals surface area (Å²) in [7, 11) is 0. The summed E-state index contributed by atoms with van der Waals surface area (Å²) in [5.41, 5.74) is 3.02. The second-order valence-corrected chi connectivity index (χ2v) is 15.4. The summed E-state index contributed by atoms with van der Waals surface area (Å²) < 4.78 is 20.2. The van der Waals surface area contributed by atoms with Crippen LogP contribution in [0.3, 0.4) is 0 Å². The van der Waals surface area contributed by atoms with Crippen molar-refractivity contribution in [2.24, 2.45) is 0 Å². The number of fused-ring (bicyclic) bond motifs is 1. The first-order valence-electron chi connectivity index (χ1n) is 21.4. The molecule has 2 aromatic heterocycles. The first-order chi connectivity index (χ1) is 30.9. The van der Waals surface area contributed by atoms with Gasteiger partial charge in [0.1, 0.15) is 0 Å². The predicted octanol–water partition coefficient (Wildman–Crippen LogP) is 5.77. The van der Waals surface area contributed by atoms with Gasteiger partial charge in [-0.15, -0.1) is 0 Å². The van der Waals surface area contributed by atoms with Crippen molar-refractivity contribution in [3.8, 4) is 0 Å². The van der Waals surface area contributed by atoms with E-state index < -0.39 is 48.3 Å². The van der Waals surface area contributed by atoms with Crippen LogP contribution < -0.4 is 16.0 Å². The Morgan fingerprint density at radius 2 is 1.30 bits per heavy atom. The summed E-state index contributed by atoms with van der Waals surface area (Å²) in [5.74, 6) is -2.55. The zero-order chi connectivity index (χ0) is 43.5. The third-order valence-electron chi connectivity index (χ3n) is 11.2. The summed E-state index contributed by atoms with van der Waals surface area (Å²) in [6, 6.07) is 36.7. The molecule has 0 aliphatic carbocycles. The highest BCUT2D eigenvalue weighted by Gasteiger charge is 2.54. The lowest BCUT2D eigenvalue weighted by atomic mass is 9.91. The number of likely N-dealkylation sites (N-methyl/N-ethyl adjacent to an activating group) is 1. The van der Waals surface area contributed by atoms with E-state index >= 15 is 0 Å². The molecule has 2 aliphatic rings. The molecule has 4 heterocycles. The van der Waals surface area contributed by atoms with Crippen molar-refractivity contribution in [1.82, 2.24) is 35.1 Å². The van der Waals surface area contributed by atoms with Gasteiger partial charge in [-0.3, -0.25) is 14.2 Å². The van der Waals surface area contributed by atoms with Crippen LogP contribution in [0, 0.1) is 0 Å². The molecule has 4 unspecified atom stereocenters. The molecule has 63 heavy (non-hydrogen) atoms. The number of rotatable bonds is 16. The van der Waals surface area contributed by atoms with Gasteiger partial charge in [-0.05, 0) is 68.2 Å². The molecule has 2 fully saturated rings. The second kappa shape index (κ2) is 20.3. The van der Waals surface area contributed by atoms with Crippen LogP contribution in [0.4, 0.5) is 5.82 Å². The Balaban J connectivity index is 1.19. The Bertz CT molecular complexity index is 2440. The Morgan fingerprint density at radius 1 is 0.730 bits per heavy atom. The van der Waals surface area contributed by atoms with E-state index in [0.717, 1.165) is 37.1 Å². The number of esters is 2. The van der Waals surface area contributed by atoms with Gasteiger partial charge < -0.3 is 35.1 Å². The van der Waals surface area contributed by atoms with Crippen molar-refractivity contribution in [3.63, 3.8) is 0 Å². The van der Waals surface area contributed by atoms with Crippen LogP contribution in [-0.2, 0) is 19.0 Å². The topological polar surface area (TPSA) is 179 Å². The molecule has 6 aromatic rings. The van der Waals surface area contributed by atoms with Gasteiger partial charge >= 0.3 is 11.9 Å². The van der Waals surface area contributed by atoms with Crippen LogP contribution in [0.1, 0.15) is 80.8 Å². The number of likely N-dealkylation sites (tertiary alicyclic amines) is 1. The van der Waals surface area contributed by atoms with Crippen LogP contribution >= 0.6 is 0 Å². The van der Waals surface area contributed by atoms with E-state index in [1.54, 1.807) is 67.6 Å². The average molecular weight is 851 g/mol. The Kier molecular flexibility index (Phi) is 13.7. The molecule has 8 rings (SSSR count). The van der Waals surface area contributed by atoms with Crippen LogP contribution in [0.25, 0.3) is 11.2 Å². The molecule has 0 spiro atoms. The van der Waals surface area contributed by atoms with Gasteiger partial charge in [0, 0.05) is 32.1 Å². The third kappa shape index (κ3) is 10.1. The Morgan fingerprint density at radius 3 is 1.89 bits per heavy atom. The number of nitrogens with zero attached hydrogens (tertiary/aromatic N) is 5. The van der Waals surface area contributed by atoms with E-state index in [0.29, 0.717) is 19.6 Å². The Hall–Kier alpha value is -6.97. The number of carbonyl (C=O) groups excluding carboxylic acids is 4. The summed E-state index contributed by atoms with van der Waals surface area (Å²) >= 11 is 0. The zero-order valence-electron chi connectivity index (χ0n) is 35.0. The Labute approximate surface area is 365 Å². The maximum absolute atomic E-state index is 14.0. The predicted molar refractivity (Wildman–Crippen MR) is 235 cm³/mol. The number of carbonyl (C=O) groups is 4. The van der Waals surface area contributed by atoms with E-state index in [1.165, 1.54) is 17.3 Å². The van der Waals surface area contributed by atoms with Crippen molar-refractivity contribution in [2.45, 2.75) is 56.6 Å². The van der Waals surface area contributed by atoms with E-state index in [-0.39, 0.29) is 46.4 Å². The standard InChI is InChI=1S/C48H50N8O7/c1-2-49-44(57)39-38(62-47(59)34-22-12-5-13-23-34)40(63-48(60)35-24-14-6-15-25-35)46(61-39)56-31-52-37-41(51-30-36(32-18-8-3-9-19-32)33-20-10-4-11-21-33)53-42(54-43(37)56)45(58)50-26-29-55-27-16-7-17-28-55/h3-6,8-15,18-25,31,36,38-40,46H,2,7,16-17,26-30H2,1H3,(H,49,57)(H,50,58)(H,51,53,54). The molecule has 0 bridgehead atoms. The number of piperidine rings is 1. The summed E-state index contributed by atoms with van der Waals surface area (Å²) in [4.78, 5) is 71.8. The minimum Gasteiger partial charge on any atom is -0.451 e. The lowest BCUT2D eigenvalue weighted by Crippen LogP contribution is -2.46. The van der Waals surface area contributed by atoms with Gasteiger partial charge in [-0.1, -0.05) is 103 Å². The fourth-order valence-electron chi connectivity index (χ4n) is 8.05. The molecule has 2 saturated heterocycles. The first-order valence-corrected chi connectivity index (χ1v) is 21.4. The molecular weight excluding hydrogens is 801 g/mol. The average Bonchev–Trinajstić information content (AvgIpc) is 3.91. The van der Waals surface area contributed by atoms with Crippen molar-refractivity contribution >= 4 is 40.7 Å². The lowest BCUT2D eigenvalue weighted by Gasteiger charge is -2.26. The highest BCUT2D eigenvalue weighted by atomic mass is 16.6. The van der Waals surface area contributed by atoms with Gasteiger partial charge in [-0.2, -0.15) is 0 Å². The van der Waals surface area contributed by atoms with Crippen LogP contribution in [0.15, 0.2) is 128 Å². The number of imidazole rings is 1. The van der Waals surface area contributed by atoms with E-state index in [2.05, 4.69) is 45.1 Å². The number of benzene rings is 4. The van der Waals surface area contributed by atoms with Crippen LogP contribution in [0.2, 0.25) is 0 Å². The number of amides is 2. The minimum atomic E-state index is -1.43. The molecule has 15 nitrogen and oxygen atoms in total. The van der Waals surface area contributed by atoms with Gasteiger partial charge in [0.15, 0.2) is 41.5 Å². The van der Waals surface area contributed by atoms with Crippen LogP contribution in [0.5, 0.6) is 0 Å². The summed E-state index contributed by atoms with van der Waals surface area (Å²) in [6.07, 6.45) is -0.689. The molecule has 4 atom stereocenters. The molecule has 324 valence electrons. The van der Waals surface area contributed by atoms with Gasteiger partial charge in [0.05, 0.1) is 17.5 Å². The number of hydrogen-bond donors (Lipinski definition) is 3. The van der Waals surface area contributed by atoms with Crippen molar-refractivity contribution in [1.29, 1.82) is 0 Å². The number of hydrogen-bond acceptors (Lipinski definition) is 12. The molecule has 2 amide bonds. The minimum absolute atomic E-state index is 0.112. The maximum atomic E-state index is 14.0. The van der Waals surface area contributed by atoms with Crippen molar-refractivity contribution in [2.75, 3.05) is 44.6 Å². The first kappa shape index (κ1) is 42.7. The van der Waals surface area contributed by atoms with Crippen molar-refractivity contribution < 1.29 is 33.4 Å². The zero-order valence-corrected chi connectivity index (χ0v) is 35.0. The third-order valence-corrected chi connectivity index (χ3v) is 11.2. The highest BCUT2D eigenvalue weighted by Crippen LogP contribution is 2.38. The van der Waals surface area contributed by atoms with E-state index in [4.69, 9.17) is 29.2 Å². The number of nitrogens with one attached hydrogen (secondary N) is 3. The molecule has 2 aliphatic heterocycles. The maximum Gasteiger partial charge on any atom is 0.338 e. The number of anilines is 1. The second-order valence-electron chi connectivity index (χ2n) is 15.4. The van der Waals surface area contributed by atoms with Crippen LogP contribution in [-0.4, -0.2) is 106 Å². The molecule has 0 saturated carbocycles. The number of ether oxygens (including phenoxy) is 3. The SMILES string of the molecule is CCNC(=O)C1OC(n2cnc3c(NCC(c4ccccc4)c4ccccc4)nc(C(=O)NCCN4CCCCC4)nc32)C(OC(=O)c2ccccc2)C1OC(=O)c1ccccc1. The van der Waals surface area contributed by atoms with E-state index in [1.807, 2.05) is 36.4 Å². The fraction of sp³-hybridized carbons (Fsp3) is 0.312. The molecule has 0 radical (unpaired) electrons. The largest absolute Gasteiger partial charge is 0.451 e. The smallest absolute Gasteiger partial charge is 0.338 e. The summed E-state index contributed by atoms with van der Waals surface area (Å²) in [6.45, 7) is 5.39.